The number of nitrogens with zero attached hydrogens (tertiary/aromatic N) is 2. The number of rotatable bonds is 7. The van der Waals surface area contributed by atoms with Crippen molar-refractivity contribution >= 4 is 5.95 Å². The Bertz CT molecular complexity index is 300. The number of ether oxygens (including phenoxy) is 3. The van der Waals surface area contributed by atoms with E-state index in [1.807, 2.05) is 6.92 Å². The predicted molar refractivity (Wildman–Crippen MR) is 59.4 cm³/mol. The quantitative estimate of drug-likeness (QED) is 0.679. The van der Waals surface area contributed by atoms with Crippen molar-refractivity contribution in [3.05, 3.63) is 11.8 Å². The SMILES string of the molecule is COCCOCCOc1cc(C)nc(N)n1. The van der Waals surface area contributed by atoms with Gasteiger partial charge in [-0.2, -0.15) is 4.98 Å². The summed E-state index contributed by atoms with van der Waals surface area (Å²) in [5, 5.41) is 0. The van der Waals surface area contributed by atoms with Crippen molar-refractivity contribution < 1.29 is 14.2 Å². The maximum atomic E-state index is 5.48. The molecule has 6 heteroatoms. The highest BCUT2D eigenvalue weighted by Gasteiger charge is 1.99. The van der Waals surface area contributed by atoms with Gasteiger partial charge < -0.3 is 19.9 Å². The molecule has 0 radical (unpaired) electrons. The van der Waals surface area contributed by atoms with Gasteiger partial charge in [-0.1, -0.05) is 0 Å². The van der Waals surface area contributed by atoms with E-state index in [0.717, 1.165) is 5.69 Å². The Morgan fingerprint density at radius 1 is 1.19 bits per heavy atom. The molecule has 0 aromatic carbocycles. The molecule has 16 heavy (non-hydrogen) atoms. The highest BCUT2D eigenvalue weighted by Crippen LogP contribution is 2.09. The number of anilines is 1. The fourth-order valence-electron chi connectivity index (χ4n) is 1.09. The van der Waals surface area contributed by atoms with Crippen molar-refractivity contribution in [1.29, 1.82) is 0 Å². The van der Waals surface area contributed by atoms with Gasteiger partial charge in [0, 0.05) is 18.9 Å². The number of nitrogen functional groups attached to an aromatic ring is 1. The standard InChI is InChI=1S/C10H17N3O3/c1-8-7-9(13-10(11)12-8)16-6-5-15-4-3-14-2/h7H,3-6H2,1-2H3,(H2,11,12,13). The topological polar surface area (TPSA) is 79.5 Å². The summed E-state index contributed by atoms with van der Waals surface area (Å²) in [7, 11) is 1.63. The zero-order chi connectivity index (χ0) is 11.8. The molecule has 0 saturated carbocycles. The minimum atomic E-state index is 0.218. The van der Waals surface area contributed by atoms with Crippen LogP contribution in [0.3, 0.4) is 0 Å². The molecule has 0 unspecified atom stereocenters. The molecule has 90 valence electrons. The lowest BCUT2D eigenvalue weighted by atomic mass is 10.4. The molecule has 0 spiro atoms. The minimum absolute atomic E-state index is 0.218. The summed E-state index contributed by atoms with van der Waals surface area (Å²) in [5.41, 5.74) is 6.26. The maximum absolute atomic E-state index is 5.48. The summed E-state index contributed by atoms with van der Waals surface area (Å²) in [6.07, 6.45) is 0. The fraction of sp³-hybridized carbons (Fsp3) is 0.600. The van der Waals surface area contributed by atoms with Crippen LogP contribution in [0.5, 0.6) is 5.88 Å². The van der Waals surface area contributed by atoms with Crippen LogP contribution in [0, 0.1) is 6.92 Å². The Balaban J connectivity index is 2.21. The Labute approximate surface area is 94.7 Å². The summed E-state index contributed by atoms with van der Waals surface area (Å²) in [6, 6.07) is 1.73. The second-order valence-electron chi connectivity index (χ2n) is 3.16. The minimum Gasteiger partial charge on any atom is -0.475 e. The Morgan fingerprint density at radius 2 is 1.94 bits per heavy atom. The summed E-state index contributed by atoms with van der Waals surface area (Å²) in [4.78, 5) is 7.87. The van der Waals surface area contributed by atoms with E-state index in [1.165, 1.54) is 0 Å². The van der Waals surface area contributed by atoms with Gasteiger partial charge in [0.05, 0.1) is 19.8 Å². The molecule has 1 heterocycles. The first-order chi connectivity index (χ1) is 7.72. The number of hydrogen-bond donors (Lipinski definition) is 1. The Hall–Kier alpha value is -1.40. The van der Waals surface area contributed by atoms with Crippen molar-refractivity contribution in [1.82, 2.24) is 9.97 Å². The molecule has 2 N–H and O–H groups in total. The lowest BCUT2D eigenvalue weighted by Gasteiger charge is -2.07. The molecule has 0 aliphatic rings. The summed E-state index contributed by atoms with van der Waals surface area (Å²) in [6.45, 7) is 3.90. The van der Waals surface area contributed by atoms with Gasteiger partial charge in [-0.15, -0.1) is 0 Å². The lowest BCUT2D eigenvalue weighted by Crippen LogP contribution is -2.11. The van der Waals surface area contributed by atoms with Crippen LogP contribution in [0.1, 0.15) is 5.69 Å². The van der Waals surface area contributed by atoms with Crippen LogP contribution in [0.2, 0.25) is 0 Å². The van der Waals surface area contributed by atoms with Crippen molar-refractivity contribution in [3.63, 3.8) is 0 Å². The van der Waals surface area contributed by atoms with Crippen LogP contribution in [0.4, 0.5) is 5.95 Å². The van der Waals surface area contributed by atoms with Crippen LogP contribution >= 0.6 is 0 Å². The van der Waals surface area contributed by atoms with E-state index in [0.29, 0.717) is 32.3 Å². The smallest absolute Gasteiger partial charge is 0.223 e. The first kappa shape index (κ1) is 12.7. The Kier molecular flexibility index (Phi) is 5.52. The van der Waals surface area contributed by atoms with Crippen molar-refractivity contribution in [2.45, 2.75) is 6.92 Å². The van der Waals surface area contributed by atoms with Gasteiger partial charge >= 0.3 is 0 Å². The molecule has 6 nitrogen and oxygen atoms in total. The lowest BCUT2D eigenvalue weighted by molar-refractivity contribution is 0.0537. The molecular weight excluding hydrogens is 210 g/mol. The molecule has 0 atom stereocenters. The first-order valence-electron chi connectivity index (χ1n) is 5.03. The number of aromatic nitrogens is 2. The first-order valence-corrected chi connectivity index (χ1v) is 5.03. The zero-order valence-electron chi connectivity index (χ0n) is 9.60. The molecule has 0 saturated heterocycles. The number of methoxy groups -OCH3 is 1. The van der Waals surface area contributed by atoms with E-state index >= 15 is 0 Å². The molecular formula is C10H17N3O3. The highest BCUT2D eigenvalue weighted by atomic mass is 16.5. The van der Waals surface area contributed by atoms with E-state index < -0.39 is 0 Å². The van der Waals surface area contributed by atoms with E-state index in [1.54, 1.807) is 13.2 Å². The summed E-state index contributed by atoms with van der Waals surface area (Å²) < 4.78 is 15.4. The van der Waals surface area contributed by atoms with Gasteiger partial charge in [-0.25, -0.2) is 4.98 Å². The van der Waals surface area contributed by atoms with Crippen LogP contribution in [0.25, 0.3) is 0 Å². The van der Waals surface area contributed by atoms with Gasteiger partial charge in [-0.05, 0) is 6.92 Å². The fourth-order valence-corrected chi connectivity index (χ4v) is 1.09. The van der Waals surface area contributed by atoms with Gasteiger partial charge in [0.2, 0.25) is 11.8 Å². The van der Waals surface area contributed by atoms with Crippen LogP contribution in [-0.4, -0.2) is 43.5 Å². The number of nitrogens with two attached hydrogens (primary N) is 1. The largest absolute Gasteiger partial charge is 0.475 e. The third kappa shape index (κ3) is 4.90. The molecule has 1 aromatic rings. The van der Waals surface area contributed by atoms with Gasteiger partial charge in [0.15, 0.2) is 0 Å². The maximum Gasteiger partial charge on any atom is 0.223 e. The summed E-state index contributed by atoms with van der Waals surface area (Å²) in [5.74, 6) is 0.690. The predicted octanol–water partition coefficient (Wildman–Crippen LogP) is 0.409. The second-order valence-corrected chi connectivity index (χ2v) is 3.16. The Morgan fingerprint density at radius 3 is 2.62 bits per heavy atom. The van der Waals surface area contributed by atoms with Crippen LogP contribution in [0.15, 0.2) is 6.07 Å². The normalized spacial score (nSPS) is 10.4. The third-order valence-electron chi connectivity index (χ3n) is 1.76. The van der Waals surface area contributed by atoms with Crippen LogP contribution in [-0.2, 0) is 9.47 Å². The van der Waals surface area contributed by atoms with Crippen molar-refractivity contribution in [2.24, 2.45) is 0 Å². The number of hydrogen-bond acceptors (Lipinski definition) is 6. The van der Waals surface area contributed by atoms with E-state index in [4.69, 9.17) is 19.9 Å². The van der Waals surface area contributed by atoms with Gasteiger partial charge in [0.25, 0.3) is 0 Å². The summed E-state index contributed by atoms with van der Waals surface area (Å²) >= 11 is 0. The highest BCUT2D eigenvalue weighted by molar-refractivity contribution is 5.25. The van der Waals surface area contributed by atoms with Crippen molar-refractivity contribution in [2.75, 3.05) is 39.3 Å². The third-order valence-corrected chi connectivity index (χ3v) is 1.76. The van der Waals surface area contributed by atoms with E-state index in [-0.39, 0.29) is 5.95 Å². The number of aryl methyl sites for hydroxylation is 1. The molecule has 0 bridgehead atoms. The molecule has 0 aliphatic heterocycles. The van der Waals surface area contributed by atoms with Gasteiger partial charge in [0.1, 0.15) is 6.61 Å². The van der Waals surface area contributed by atoms with E-state index in [9.17, 15) is 0 Å². The molecule has 0 amide bonds. The van der Waals surface area contributed by atoms with Gasteiger partial charge in [-0.3, -0.25) is 0 Å². The second kappa shape index (κ2) is 6.97. The average molecular weight is 227 g/mol. The molecule has 1 rings (SSSR count). The van der Waals surface area contributed by atoms with Crippen LogP contribution < -0.4 is 10.5 Å². The molecule has 0 fully saturated rings. The van der Waals surface area contributed by atoms with Crippen molar-refractivity contribution in [3.8, 4) is 5.88 Å². The molecule has 1 aromatic heterocycles. The molecule has 0 aliphatic carbocycles. The zero-order valence-corrected chi connectivity index (χ0v) is 9.60. The van der Waals surface area contributed by atoms with E-state index in [2.05, 4.69) is 9.97 Å². The average Bonchev–Trinajstić information content (AvgIpc) is 2.22. The monoisotopic (exact) mass is 227 g/mol.